The molecule has 4 heterocycles. The zero-order chi connectivity index (χ0) is 17.9. The number of fused-ring (bicyclic) bond motifs is 1. The van der Waals surface area contributed by atoms with Crippen molar-refractivity contribution in [1.82, 2.24) is 24.8 Å². The van der Waals surface area contributed by atoms with Crippen LogP contribution in [0.15, 0.2) is 49.1 Å². The summed E-state index contributed by atoms with van der Waals surface area (Å²) in [6, 6.07) is 8.05. The normalized spacial score (nSPS) is 14.1. The fourth-order valence-electron chi connectivity index (χ4n) is 3.35. The maximum atomic E-state index is 4.78. The molecule has 0 aliphatic carbocycles. The van der Waals surface area contributed by atoms with Crippen LogP contribution in [0.4, 0.5) is 5.82 Å². The Bertz CT molecular complexity index is 894. The van der Waals surface area contributed by atoms with Gasteiger partial charge in [-0.05, 0) is 18.2 Å². The van der Waals surface area contributed by atoms with Gasteiger partial charge in [-0.2, -0.15) is 0 Å². The summed E-state index contributed by atoms with van der Waals surface area (Å²) >= 11 is 0. The molecule has 6 heteroatoms. The molecule has 0 atom stereocenters. The fourth-order valence-corrected chi connectivity index (χ4v) is 3.35. The van der Waals surface area contributed by atoms with E-state index in [4.69, 9.17) is 4.98 Å². The molecule has 3 aromatic heterocycles. The lowest BCUT2D eigenvalue weighted by Gasteiger charge is -2.29. The predicted molar refractivity (Wildman–Crippen MR) is 102 cm³/mol. The second-order valence-corrected chi connectivity index (χ2v) is 6.74. The van der Waals surface area contributed by atoms with Gasteiger partial charge >= 0.3 is 0 Å². The predicted octanol–water partition coefficient (Wildman–Crippen LogP) is 2.56. The van der Waals surface area contributed by atoms with E-state index in [-0.39, 0.29) is 0 Å². The van der Waals surface area contributed by atoms with Crippen LogP contribution < -0.4 is 4.90 Å². The Labute approximate surface area is 153 Å². The number of anilines is 1. The van der Waals surface area contributed by atoms with Gasteiger partial charge in [-0.3, -0.25) is 9.88 Å². The van der Waals surface area contributed by atoms with Gasteiger partial charge in [0.1, 0.15) is 5.82 Å². The van der Waals surface area contributed by atoms with Crippen LogP contribution in [0.3, 0.4) is 0 Å². The molecule has 0 radical (unpaired) electrons. The van der Waals surface area contributed by atoms with Gasteiger partial charge in [-0.25, -0.2) is 15.0 Å². The van der Waals surface area contributed by atoms with Crippen molar-refractivity contribution in [2.24, 2.45) is 0 Å². The molecular formula is C20H22N6. The smallest absolute Gasteiger partial charge is 0.159 e. The van der Waals surface area contributed by atoms with Crippen LogP contribution in [0.5, 0.6) is 0 Å². The highest BCUT2D eigenvalue weighted by Gasteiger charge is 2.20. The number of pyridine rings is 2. The van der Waals surface area contributed by atoms with Gasteiger partial charge in [0.2, 0.25) is 0 Å². The number of hydrogen-bond acceptors (Lipinski definition) is 6. The van der Waals surface area contributed by atoms with E-state index in [1.807, 2.05) is 44.7 Å². The molecule has 3 aromatic rings. The third-order valence-electron chi connectivity index (χ3n) is 4.64. The Morgan fingerprint density at radius 2 is 1.92 bits per heavy atom. The van der Waals surface area contributed by atoms with Crippen molar-refractivity contribution in [3.05, 3.63) is 65.9 Å². The summed E-state index contributed by atoms with van der Waals surface area (Å²) in [5.74, 6) is 1.81. The van der Waals surface area contributed by atoms with E-state index in [1.165, 1.54) is 11.1 Å². The summed E-state index contributed by atoms with van der Waals surface area (Å²) in [7, 11) is 4.07. The molecule has 0 fully saturated rings. The van der Waals surface area contributed by atoms with Crippen LogP contribution in [-0.2, 0) is 19.5 Å². The molecule has 1 aliphatic heterocycles. The molecular weight excluding hydrogens is 324 g/mol. The van der Waals surface area contributed by atoms with Gasteiger partial charge in [-0.15, -0.1) is 0 Å². The highest BCUT2D eigenvalue weighted by Crippen LogP contribution is 2.23. The van der Waals surface area contributed by atoms with Crippen LogP contribution in [0.2, 0.25) is 0 Å². The van der Waals surface area contributed by atoms with E-state index in [0.717, 1.165) is 49.0 Å². The van der Waals surface area contributed by atoms with Crippen molar-refractivity contribution < 1.29 is 0 Å². The molecule has 0 aromatic carbocycles. The third-order valence-corrected chi connectivity index (χ3v) is 4.64. The average Bonchev–Trinajstić information content (AvgIpc) is 2.68. The monoisotopic (exact) mass is 346 g/mol. The van der Waals surface area contributed by atoms with Gasteiger partial charge in [-0.1, -0.05) is 6.07 Å². The molecule has 0 saturated carbocycles. The maximum absolute atomic E-state index is 4.78. The van der Waals surface area contributed by atoms with Gasteiger partial charge in [0.15, 0.2) is 5.82 Å². The van der Waals surface area contributed by atoms with E-state index in [1.54, 1.807) is 12.4 Å². The molecule has 0 bridgehead atoms. The van der Waals surface area contributed by atoms with Crippen molar-refractivity contribution >= 4 is 5.82 Å². The lowest BCUT2D eigenvalue weighted by molar-refractivity contribution is 0.243. The molecule has 4 rings (SSSR count). The van der Waals surface area contributed by atoms with Gasteiger partial charge in [0, 0.05) is 81.6 Å². The minimum absolute atomic E-state index is 0.779. The Morgan fingerprint density at radius 1 is 1.08 bits per heavy atom. The maximum Gasteiger partial charge on any atom is 0.159 e. The van der Waals surface area contributed by atoms with Crippen molar-refractivity contribution in [3.8, 4) is 11.4 Å². The molecule has 0 unspecified atom stereocenters. The summed E-state index contributed by atoms with van der Waals surface area (Å²) in [5, 5.41) is 0. The van der Waals surface area contributed by atoms with E-state index < -0.39 is 0 Å². The minimum Gasteiger partial charge on any atom is -0.362 e. The average molecular weight is 346 g/mol. The summed E-state index contributed by atoms with van der Waals surface area (Å²) in [4.78, 5) is 22.4. The highest BCUT2D eigenvalue weighted by molar-refractivity contribution is 5.54. The summed E-state index contributed by atoms with van der Waals surface area (Å²) in [6.45, 7) is 2.74. The van der Waals surface area contributed by atoms with E-state index in [9.17, 15) is 0 Å². The number of nitrogens with zero attached hydrogens (tertiary/aromatic N) is 6. The Hall–Kier alpha value is -2.86. The minimum atomic E-state index is 0.779. The second kappa shape index (κ2) is 7.17. The zero-order valence-electron chi connectivity index (χ0n) is 15.1. The van der Waals surface area contributed by atoms with Gasteiger partial charge in [0.05, 0.1) is 5.69 Å². The third kappa shape index (κ3) is 3.41. The SMILES string of the molecule is CN(C)c1ncccc1CN1CCc2nc(-c3ccncc3)ncc2C1. The first-order valence-corrected chi connectivity index (χ1v) is 8.79. The van der Waals surface area contributed by atoms with Crippen molar-refractivity contribution in [2.75, 3.05) is 25.5 Å². The van der Waals surface area contributed by atoms with Crippen molar-refractivity contribution in [2.45, 2.75) is 19.5 Å². The standard InChI is InChI=1S/C20H22N6/c1-25(2)20-16(4-3-8-22-20)13-26-11-7-18-17(14-26)12-23-19(24-18)15-5-9-21-10-6-15/h3-6,8-10,12H,7,11,13-14H2,1-2H3. The fraction of sp³-hybridized carbons (Fsp3) is 0.300. The van der Waals surface area contributed by atoms with Crippen LogP contribution in [0.1, 0.15) is 16.8 Å². The largest absolute Gasteiger partial charge is 0.362 e. The quantitative estimate of drug-likeness (QED) is 0.724. The zero-order valence-corrected chi connectivity index (χ0v) is 15.1. The second-order valence-electron chi connectivity index (χ2n) is 6.74. The Kier molecular flexibility index (Phi) is 4.58. The molecule has 0 N–H and O–H groups in total. The van der Waals surface area contributed by atoms with Gasteiger partial charge < -0.3 is 4.90 Å². The molecule has 0 spiro atoms. The van der Waals surface area contributed by atoms with E-state index in [0.29, 0.717) is 0 Å². The Balaban J connectivity index is 1.52. The van der Waals surface area contributed by atoms with E-state index in [2.05, 4.69) is 30.8 Å². The van der Waals surface area contributed by atoms with Crippen molar-refractivity contribution in [3.63, 3.8) is 0 Å². The van der Waals surface area contributed by atoms with Gasteiger partial charge in [0.25, 0.3) is 0 Å². The summed E-state index contributed by atoms with van der Waals surface area (Å²) in [5.41, 5.74) is 4.62. The molecule has 0 saturated heterocycles. The summed E-state index contributed by atoms with van der Waals surface area (Å²) < 4.78 is 0. The molecule has 0 amide bonds. The lowest BCUT2D eigenvalue weighted by Crippen LogP contribution is -2.31. The van der Waals surface area contributed by atoms with Crippen LogP contribution >= 0.6 is 0 Å². The lowest BCUT2D eigenvalue weighted by atomic mass is 10.1. The molecule has 132 valence electrons. The number of hydrogen-bond donors (Lipinski definition) is 0. The number of rotatable bonds is 4. The van der Waals surface area contributed by atoms with E-state index >= 15 is 0 Å². The van der Waals surface area contributed by atoms with Crippen molar-refractivity contribution in [1.29, 1.82) is 0 Å². The van der Waals surface area contributed by atoms with Crippen LogP contribution in [0.25, 0.3) is 11.4 Å². The van der Waals surface area contributed by atoms with Crippen LogP contribution in [-0.4, -0.2) is 45.5 Å². The first-order valence-electron chi connectivity index (χ1n) is 8.79. The highest BCUT2D eigenvalue weighted by atomic mass is 15.2. The summed E-state index contributed by atoms with van der Waals surface area (Å²) in [6.07, 6.45) is 8.30. The first kappa shape index (κ1) is 16.6. The molecule has 1 aliphatic rings. The molecule has 26 heavy (non-hydrogen) atoms. The van der Waals surface area contributed by atoms with Crippen LogP contribution in [0, 0.1) is 0 Å². The molecule has 6 nitrogen and oxygen atoms in total. The topological polar surface area (TPSA) is 58.0 Å². The first-order chi connectivity index (χ1) is 12.7. The number of aromatic nitrogens is 4. The Morgan fingerprint density at radius 3 is 2.73 bits per heavy atom.